The third-order valence-electron chi connectivity index (χ3n) is 5.45. The first-order valence-electron chi connectivity index (χ1n) is 8.73. The zero-order valence-electron chi connectivity index (χ0n) is 14.7. The van der Waals surface area contributed by atoms with Crippen molar-refractivity contribution < 1.29 is 24.6 Å². The lowest BCUT2D eigenvalue weighted by molar-refractivity contribution is -0.165. The quantitative estimate of drug-likeness (QED) is 0.603. The molecule has 2 aromatic carbocycles. The Morgan fingerprint density at radius 1 is 1.00 bits per heavy atom. The van der Waals surface area contributed by atoms with Gasteiger partial charge in [-0.15, -0.1) is 0 Å². The highest BCUT2D eigenvalue weighted by Crippen LogP contribution is 2.41. The van der Waals surface area contributed by atoms with E-state index in [4.69, 9.17) is 0 Å². The Morgan fingerprint density at radius 2 is 1.71 bits per heavy atom. The summed E-state index contributed by atoms with van der Waals surface area (Å²) >= 11 is 3.37. The zero-order chi connectivity index (χ0) is 20.1. The number of halogens is 1. The molecule has 0 saturated heterocycles. The number of fused-ring (bicyclic) bond motifs is 3. The fraction of sp³-hybridized carbons (Fsp3) is 0.190. The number of benzene rings is 2. The lowest BCUT2D eigenvalue weighted by atomic mass is 9.72. The number of carboxylic acids is 2. The minimum atomic E-state index is -1.87. The lowest BCUT2D eigenvalue weighted by Gasteiger charge is -2.29. The number of hydrogen-bond donors (Lipinski definition) is 2. The van der Waals surface area contributed by atoms with Crippen LogP contribution in [0.4, 0.5) is 0 Å². The first kappa shape index (κ1) is 18.4. The summed E-state index contributed by atoms with van der Waals surface area (Å²) in [6.07, 6.45) is -0.0125. The third-order valence-corrected chi connectivity index (χ3v) is 5.94. The number of aromatic nitrogens is 1. The van der Waals surface area contributed by atoms with Gasteiger partial charge >= 0.3 is 11.9 Å². The number of carboxylic acid groups (broad SMARTS) is 2. The van der Waals surface area contributed by atoms with Crippen molar-refractivity contribution in [1.29, 1.82) is 0 Å². The molecular formula is C21H16BrNO5. The number of rotatable bonds is 3. The predicted octanol–water partition coefficient (Wildman–Crippen LogP) is 3.74. The molecule has 0 aliphatic heterocycles. The summed E-state index contributed by atoms with van der Waals surface area (Å²) in [5, 5.41) is 20.0. The molecule has 1 aliphatic rings. The zero-order valence-corrected chi connectivity index (χ0v) is 16.3. The van der Waals surface area contributed by atoms with Crippen molar-refractivity contribution in [1.82, 2.24) is 4.57 Å². The largest absolute Gasteiger partial charge is 0.480 e. The summed E-state index contributed by atoms with van der Waals surface area (Å²) in [6.45, 7) is 0. The molecule has 0 bridgehead atoms. The Kier molecular flexibility index (Phi) is 4.34. The van der Waals surface area contributed by atoms with Crippen LogP contribution in [0.5, 0.6) is 0 Å². The number of nitrogens with zero attached hydrogens (tertiary/aromatic N) is 1. The van der Waals surface area contributed by atoms with Crippen LogP contribution in [-0.4, -0.2) is 32.6 Å². The van der Waals surface area contributed by atoms with Crippen LogP contribution in [0.1, 0.15) is 28.0 Å². The Balaban J connectivity index is 1.94. The standard InChI is InChI=1S/C21H16BrNO5/c22-13-5-3-4-12(10-13)18(24)23-16-7-2-1-6-14(16)15-11-21(19(25)26,20(27)28)9-8-17(15)23/h1-7,10H,8-9,11H2,(H,25,26)(H,27,28). The summed E-state index contributed by atoms with van der Waals surface area (Å²) in [5.41, 5.74) is 0.579. The van der Waals surface area contributed by atoms with Crippen LogP contribution in [0.15, 0.2) is 53.0 Å². The van der Waals surface area contributed by atoms with E-state index in [0.717, 1.165) is 4.47 Å². The van der Waals surface area contributed by atoms with E-state index in [1.807, 2.05) is 6.07 Å². The second-order valence-corrected chi connectivity index (χ2v) is 7.88. The topological polar surface area (TPSA) is 96.6 Å². The van der Waals surface area contributed by atoms with E-state index >= 15 is 0 Å². The maximum atomic E-state index is 13.3. The molecule has 1 aliphatic carbocycles. The predicted molar refractivity (Wildman–Crippen MR) is 106 cm³/mol. The molecule has 0 unspecified atom stereocenters. The van der Waals surface area contributed by atoms with E-state index in [0.29, 0.717) is 27.7 Å². The number of carbonyl (C=O) groups excluding carboxylic acids is 1. The smallest absolute Gasteiger partial charge is 0.321 e. The van der Waals surface area contributed by atoms with Gasteiger partial charge in [-0.25, -0.2) is 0 Å². The van der Waals surface area contributed by atoms with Crippen molar-refractivity contribution in [2.75, 3.05) is 0 Å². The van der Waals surface area contributed by atoms with Gasteiger partial charge in [0.05, 0.1) is 5.52 Å². The summed E-state index contributed by atoms with van der Waals surface area (Å²) in [5.74, 6) is -2.92. The summed E-state index contributed by atoms with van der Waals surface area (Å²) in [6, 6.07) is 14.3. The second-order valence-electron chi connectivity index (χ2n) is 6.96. The fourth-order valence-electron chi connectivity index (χ4n) is 3.98. The Labute approximate surface area is 168 Å². The average molecular weight is 442 g/mol. The maximum Gasteiger partial charge on any atom is 0.321 e. The first-order chi connectivity index (χ1) is 13.3. The molecule has 0 spiro atoms. The van der Waals surface area contributed by atoms with Gasteiger partial charge < -0.3 is 10.2 Å². The van der Waals surface area contributed by atoms with Gasteiger partial charge in [-0.05, 0) is 42.7 Å². The van der Waals surface area contributed by atoms with Crippen LogP contribution in [0, 0.1) is 5.41 Å². The molecule has 142 valence electrons. The lowest BCUT2D eigenvalue weighted by Crippen LogP contribution is -2.44. The van der Waals surface area contributed by atoms with Crippen molar-refractivity contribution in [3.8, 4) is 0 Å². The van der Waals surface area contributed by atoms with Crippen LogP contribution >= 0.6 is 15.9 Å². The SMILES string of the molecule is O=C(c1cccc(Br)c1)n1c2c(c3ccccc31)CC(C(=O)O)(C(=O)O)CC2. The molecule has 0 fully saturated rings. The van der Waals surface area contributed by atoms with Crippen LogP contribution in [-0.2, 0) is 22.4 Å². The minimum absolute atomic E-state index is 0.0627. The van der Waals surface area contributed by atoms with Crippen molar-refractivity contribution in [2.45, 2.75) is 19.3 Å². The molecule has 3 aromatic rings. The molecule has 1 heterocycles. The van der Waals surface area contributed by atoms with Gasteiger partial charge in [0, 0.05) is 27.5 Å². The van der Waals surface area contributed by atoms with Crippen LogP contribution in [0.2, 0.25) is 0 Å². The number of para-hydroxylation sites is 1. The molecule has 28 heavy (non-hydrogen) atoms. The molecule has 2 N–H and O–H groups in total. The second kappa shape index (κ2) is 6.60. The van der Waals surface area contributed by atoms with Crippen molar-refractivity contribution >= 4 is 44.7 Å². The van der Waals surface area contributed by atoms with E-state index in [1.165, 1.54) is 0 Å². The summed E-state index contributed by atoms with van der Waals surface area (Å²) in [4.78, 5) is 36.9. The molecule has 4 rings (SSSR count). The van der Waals surface area contributed by atoms with Gasteiger partial charge in [-0.2, -0.15) is 0 Å². The Hall–Kier alpha value is -2.93. The summed E-state index contributed by atoms with van der Waals surface area (Å²) < 4.78 is 2.37. The van der Waals surface area contributed by atoms with Gasteiger partial charge in [0.15, 0.2) is 5.41 Å². The number of aliphatic carboxylic acids is 2. The van der Waals surface area contributed by atoms with E-state index in [1.54, 1.807) is 47.0 Å². The van der Waals surface area contributed by atoms with Crippen LogP contribution in [0.3, 0.4) is 0 Å². The molecular weight excluding hydrogens is 426 g/mol. The van der Waals surface area contributed by atoms with E-state index in [9.17, 15) is 24.6 Å². The van der Waals surface area contributed by atoms with Gasteiger partial charge in [0.2, 0.25) is 0 Å². The van der Waals surface area contributed by atoms with Crippen LogP contribution in [0.25, 0.3) is 10.9 Å². The van der Waals surface area contributed by atoms with Crippen molar-refractivity contribution in [3.63, 3.8) is 0 Å². The number of hydrogen-bond acceptors (Lipinski definition) is 3. The Bertz CT molecular complexity index is 1130. The van der Waals surface area contributed by atoms with Gasteiger partial charge in [0.1, 0.15) is 0 Å². The van der Waals surface area contributed by atoms with Gasteiger partial charge in [-0.1, -0.05) is 40.2 Å². The third kappa shape index (κ3) is 2.65. The molecule has 0 amide bonds. The molecule has 0 radical (unpaired) electrons. The molecule has 0 saturated carbocycles. The molecule has 0 atom stereocenters. The average Bonchev–Trinajstić information content (AvgIpc) is 3.00. The Morgan fingerprint density at radius 3 is 2.39 bits per heavy atom. The number of carbonyl (C=O) groups is 3. The van der Waals surface area contributed by atoms with Crippen molar-refractivity contribution in [2.24, 2.45) is 5.41 Å². The maximum absolute atomic E-state index is 13.3. The normalized spacial score (nSPS) is 15.2. The van der Waals surface area contributed by atoms with Crippen molar-refractivity contribution in [3.05, 3.63) is 69.8 Å². The molecule has 7 heteroatoms. The van der Waals surface area contributed by atoms with E-state index < -0.39 is 17.4 Å². The van der Waals surface area contributed by atoms with Gasteiger partial charge in [-0.3, -0.25) is 19.0 Å². The molecule has 6 nitrogen and oxygen atoms in total. The van der Waals surface area contributed by atoms with E-state index in [-0.39, 0.29) is 25.2 Å². The first-order valence-corrected chi connectivity index (χ1v) is 9.53. The van der Waals surface area contributed by atoms with Crippen LogP contribution < -0.4 is 0 Å². The van der Waals surface area contributed by atoms with Gasteiger partial charge in [0.25, 0.3) is 5.91 Å². The highest BCUT2D eigenvalue weighted by atomic mass is 79.9. The monoisotopic (exact) mass is 441 g/mol. The summed E-state index contributed by atoms with van der Waals surface area (Å²) in [7, 11) is 0. The molecule has 1 aromatic heterocycles. The minimum Gasteiger partial charge on any atom is -0.480 e. The fourth-order valence-corrected chi connectivity index (χ4v) is 4.38. The highest BCUT2D eigenvalue weighted by molar-refractivity contribution is 9.10. The highest BCUT2D eigenvalue weighted by Gasteiger charge is 2.50. The van der Waals surface area contributed by atoms with E-state index in [2.05, 4.69) is 15.9 Å².